The van der Waals surface area contributed by atoms with Gasteiger partial charge in [-0.25, -0.2) is 9.59 Å². The van der Waals surface area contributed by atoms with E-state index < -0.39 is 35.5 Å². The van der Waals surface area contributed by atoms with Gasteiger partial charge in [0.25, 0.3) is 0 Å². The molecule has 2 unspecified atom stereocenters. The van der Waals surface area contributed by atoms with Crippen LogP contribution < -0.4 is 10.6 Å². The number of carbonyl (C=O) groups is 4. The lowest BCUT2D eigenvalue weighted by molar-refractivity contribution is -0.121. The molecule has 2 atom stereocenters. The molecule has 0 radical (unpaired) electrons. The molecular formula is C36H45N5O6. The number of carbonyl (C=O) groups excluding carboxylic acids is 4. The predicted molar refractivity (Wildman–Crippen MR) is 181 cm³/mol. The fraction of sp³-hybridized carbons (Fsp3) is 0.444. The van der Waals surface area contributed by atoms with Gasteiger partial charge < -0.3 is 25.1 Å². The molecule has 0 aliphatic carbocycles. The molecule has 2 aromatic carbocycles. The highest BCUT2D eigenvalue weighted by Crippen LogP contribution is 2.28. The summed E-state index contributed by atoms with van der Waals surface area (Å²) in [6, 6.07) is 17.0. The first-order valence-corrected chi connectivity index (χ1v) is 16.1. The number of nitrogens with zero attached hydrogens (tertiary/aromatic N) is 2. The average Bonchev–Trinajstić information content (AvgIpc) is 3.77. The summed E-state index contributed by atoms with van der Waals surface area (Å²) in [5.74, 6) is -0.527. The number of likely N-dealkylation sites (tertiary alicyclic amines) is 2. The van der Waals surface area contributed by atoms with Gasteiger partial charge in [0, 0.05) is 35.9 Å². The Balaban J connectivity index is 1.20. The summed E-state index contributed by atoms with van der Waals surface area (Å²) in [4.78, 5) is 55.7. The summed E-state index contributed by atoms with van der Waals surface area (Å²) < 4.78 is 19.7. The van der Waals surface area contributed by atoms with E-state index in [9.17, 15) is 19.2 Å². The summed E-state index contributed by atoms with van der Waals surface area (Å²) in [5.41, 5.74) is 2.81. The van der Waals surface area contributed by atoms with Crippen molar-refractivity contribution in [3.05, 3.63) is 60.7 Å². The lowest BCUT2D eigenvalue weighted by Gasteiger charge is -2.28. The van der Waals surface area contributed by atoms with Gasteiger partial charge in [0.05, 0.1) is 0 Å². The molecule has 2 fully saturated rings. The molecule has 11 nitrogen and oxygen atoms in total. The SMILES string of the molecule is [2H]n1c(-c2ccc(NC(=O)C3CCCN3C(=O)OC(C)(C)C)cc2)ccc1-c1ccc(NC(=O)C2CCCN2C(=O)OC(C)(C)C)cc1. The Kier molecular flexibility index (Phi) is 9.24. The van der Waals surface area contributed by atoms with Gasteiger partial charge >= 0.3 is 12.2 Å². The van der Waals surface area contributed by atoms with Crippen LogP contribution in [-0.4, -0.2) is 75.2 Å². The molecule has 2 aliphatic rings. The number of nitrogens with one attached hydrogen (secondary N) is 3. The van der Waals surface area contributed by atoms with E-state index >= 15 is 0 Å². The second-order valence-electron chi connectivity index (χ2n) is 14.0. The Hall–Kier alpha value is -4.80. The lowest BCUT2D eigenvalue weighted by Crippen LogP contribution is -2.45. The van der Waals surface area contributed by atoms with E-state index in [1.807, 2.05) is 36.4 Å². The standard InChI is InChI=1S/C36H45N5O6/c1-35(2,3)46-33(44)40-21-7-9-29(40)31(42)37-25-15-11-23(12-16-25)27-19-20-28(39-27)24-13-17-26(18-14-24)38-32(43)30-10-8-22-41(30)34(45)47-36(4,5)6/h11-20,29-30,39H,7-10,21-22H2,1-6H3,(H,37,42)(H,38,43)/i/hD. The number of aromatic amines is 1. The number of anilines is 2. The molecule has 1 aromatic heterocycles. The Labute approximate surface area is 277 Å². The number of hydrogen-bond acceptors (Lipinski definition) is 6. The minimum atomic E-state index is -0.642. The van der Waals surface area contributed by atoms with Crippen LogP contribution in [0.4, 0.5) is 21.0 Å². The van der Waals surface area contributed by atoms with Crippen LogP contribution in [0.15, 0.2) is 60.7 Å². The Morgan fingerprint density at radius 3 is 1.36 bits per heavy atom. The van der Waals surface area contributed by atoms with Crippen LogP contribution in [0.5, 0.6) is 0 Å². The van der Waals surface area contributed by atoms with Crippen LogP contribution in [0.25, 0.3) is 22.5 Å². The van der Waals surface area contributed by atoms with Gasteiger partial charge in [0.2, 0.25) is 11.8 Å². The maximum atomic E-state index is 13.1. The van der Waals surface area contributed by atoms with Crippen molar-refractivity contribution in [1.82, 2.24) is 14.8 Å². The molecule has 2 aliphatic heterocycles. The van der Waals surface area contributed by atoms with E-state index in [4.69, 9.17) is 10.9 Å². The van der Waals surface area contributed by atoms with Crippen molar-refractivity contribution >= 4 is 35.4 Å². The third-order valence-corrected chi connectivity index (χ3v) is 7.90. The molecular weight excluding hydrogens is 598 g/mol. The maximum Gasteiger partial charge on any atom is 0.410 e. The van der Waals surface area contributed by atoms with Crippen LogP contribution in [0.3, 0.4) is 0 Å². The fourth-order valence-corrected chi connectivity index (χ4v) is 5.74. The largest absolute Gasteiger partial charge is 0.444 e. The quantitative estimate of drug-likeness (QED) is 0.264. The molecule has 2 saturated heterocycles. The molecule has 11 heteroatoms. The van der Waals surface area contributed by atoms with Crippen molar-refractivity contribution in [1.29, 1.82) is 0 Å². The summed E-state index contributed by atoms with van der Waals surface area (Å²) in [7, 11) is 0. The molecule has 0 saturated carbocycles. The molecule has 4 amide bonds. The molecule has 47 heavy (non-hydrogen) atoms. The summed E-state index contributed by atoms with van der Waals surface area (Å²) >= 11 is 0. The lowest BCUT2D eigenvalue weighted by atomic mass is 10.1. The molecule has 5 rings (SSSR count). The van der Waals surface area contributed by atoms with Crippen LogP contribution in [0.2, 0.25) is 1.41 Å². The van der Waals surface area contributed by atoms with E-state index in [-0.39, 0.29) is 11.8 Å². The molecule has 3 N–H and O–H groups in total. The van der Waals surface area contributed by atoms with Crippen molar-refractivity contribution in [2.45, 2.75) is 90.5 Å². The first-order chi connectivity index (χ1) is 22.6. The van der Waals surface area contributed by atoms with Crippen molar-refractivity contribution in [3.63, 3.8) is 0 Å². The number of rotatable bonds is 6. The van der Waals surface area contributed by atoms with Crippen molar-refractivity contribution in [2.75, 3.05) is 23.7 Å². The smallest absolute Gasteiger partial charge is 0.410 e. The first kappa shape index (κ1) is 32.2. The van der Waals surface area contributed by atoms with Gasteiger partial charge in [-0.15, -0.1) is 0 Å². The monoisotopic (exact) mass is 644 g/mol. The molecule has 0 bridgehead atoms. The van der Waals surface area contributed by atoms with Crippen LogP contribution in [0, 0.1) is 0 Å². The van der Waals surface area contributed by atoms with Crippen LogP contribution in [-0.2, 0) is 19.1 Å². The van der Waals surface area contributed by atoms with E-state index in [2.05, 4.69) is 10.6 Å². The van der Waals surface area contributed by atoms with Gasteiger partial charge in [-0.05, 0) is 115 Å². The predicted octanol–water partition coefficient (Wildman–Crippen LogP) is 7.02. The normalized spacial score (nSPS) is 18.5. The zero-order chi connectivity index (χ0) is 34.8. The second-order valence-corrected chi connectivity index (χ2v) is 14.0. The van der Waals surface area contributed by atoms with E-state index in [0.29, 0.717) is 48.7 Å². The number of amides is 4. The molecule has 250 valence electrons. The molecule has 0 spiro atoms. The van der Waals surface area contributed by atoms with E-state index in [1.54, 1.807) is 65.8 Å². The van der Waals surface area contributed by atoms with Gasteiger partial charge in [0.1, 0.15) is 23.3 Å². The minimum absolute atomic E-state index is 0.263. The zero-order valence-electron chi connectivity index (χ0n) is 29.0. The zero-order valence-corrected chi connectivity index (χ0v) is 28.0. The van der Waals surface area contributed by atoms with Crippen LogP contribution >= 0.6 is 0 Å². The van der Waals surface area contributed by atoms with E-state index in [1.165, 1.54) is 14.8 Å². The van der Waals surface area contributed by atoms with Gasteiger partial charge in [-0.1, -0.05) is 24.3 Å². The Morgan fingerprint density at radius 1 is 0.660 bits per heavy atom. The highest BCUT2D eigenvalue weighted by atomic mass is 16.6. The first-order valence-electron chi connectivity index (χ1n) is 16.6. The number of hydrogen-bond donors (Lipinski definition) is 3. The Bertz CT molecular complexity index is 1530. The van der Waals surface area contributed by atoms with Crippen molar-refractivity contribution in [2.24, 2.45) is 0 Å². The molecule has 3 aromatic rings. The Morgan fingerprint density at radius 2 is 1.02 bits per heavy atom. The highest BCUT2D eigenvalue weighted by Gasteiger charge is 2.38. The summed E-state index contributed by atoms with van der Waals surface area (Å²) in [6.07, 6.45) is 1.62. The van der Waals surface area contributed by atoms with Crippen molar-refractivity contribution < 1.29 is 30.1 Å². The third kappa shape index (κ3) is 8.52. The van der Waals surface area contributed by atoms with Gasteiger partial charge in [-0.2, -0.15) is 0 Å². The summed E-state index contributed by atoms with van der Waals surface area (Å²) in [6.45, 7) is 11.7. The number of ether oxygens (including phenoxy) is 2. The van der Waals surface area contributed by atoms with Gasteiger partial charge in [0.15, 0.2) is 1.41 Å². The average molecular weight is 645 g/mol. The van der Waals surface area contributed by atoms with E-state index in [0.717, 1.165) is 24.0 Å². The fourth-order valence-electron chi connectivity index (χ4n) is 5.74. The maximum absolute atomic E-state index is 13.1. The molecule has 3 heterocycles. The second kappa shape index (κ2) is 13.5. The third-order valence-electron chi connectivity index (χ3n) is 7.90. The summed E-state index contributed by atoms with van der Waals surface area (Å²) in [5, 5.41) is 5.82. The number of H-pyrrole nitrogens is 1. The number of aromatic nitrogens is 1. The van der Waals surface area contributed by atoms with Crippen molar-refractivity contribution in [3.8, 4) is 22.5 Å². The van der Waals surface area contributed by atoms with Gasteiger partial charge in [-0.3, -0.25) is 19.4 Å². The minimum Gasteiger partial charge on any atom is -0.444 e. The number of benzene rings is 2. The van der Waals surface area contributed by atoms with Crippen LogP contribution in [0.1, 0.15) is 67.2 Å². The highest BCUT2D eigenvalue weighted by molar-refractivity contribution is 5.98. The topological polar surface area (TPSA) is 133 Å².